The van der Waals surface area contributed by atoms with Crippen LogP contribution >= 0.6 is 17.0 Å². The number of carbonyl (C=O) groups is 1. The van der Waals surface area contributed by atoms with E-state index in [1.165, 1.54) is 11.1 Å². The average molecular weight is 475 g/mol. The summed E-state index contributed by atoms with van der Waals surface area (Å²) in [7, 11) is 13.2. The zero-order chi connectivity index (χ0) is 18.6. The van der Waals surface area contributed by atoms with Gasteiger partial charge in [0.25, 0.3) is 0 Å². The summed E-state index contributed by atoms with van der Waals surface area (Å²) in [4.78, 5) is 12.7. The second-order valence-electron chi connectivity index (χ2n) is 6.87. The van der Waals surface area contributed by atoms with Crippen LogP contribution in [0.4, 0.5) is 0 Å². The molecule has 1 amide bonds. The summed E-state index contributed by atoms with van der Waals surface area (Å²) in [6.45, 7) is 0. The van der Waals surface area contributed by atoms with E-state index in [9.17, 15) is 4.79 Å². The van der Waals surface area contributed by atoms with Gasteiger partial charge in [0, 0.05) is 0 Å². The molecular weight excluding hydrogens is 458 g/mol. The van der Waals surface area contributed by atoms with E-state index in [0.29, 0.717) is 5.56 Å². The van der Waals surface area contributed by atoms with Crippen LogP contribution in [0.15, 0.2) is 78.9 Å². The fourth-order valence-electron chi connectivity index (χ4n) is 3.89. The van der Waals surface area contributed by atoms with Crippen LogP contribution < -0.4 is 0 Å². The number of rotatable bonds is 3. The number of halogens is 2. The van der Waals surface area contributed by atoms with Crippen molar-refractivity contribution in [3.63, 3.8) is 0 Å². The second kappa shape index (κ2) is 6.56. The molecule has 3 aromatic carbocycles. The summed E-state index contributed by atoms with van der Waals surface area (Å²) >= 11 is -3.71. The number of hydrazine groups is 1. The molecule has 2 aliphatic rings. The van der Waals surface area contributed by atoms with Gasteiger partial charge in [-0.1, -0.05) is 0 Å². The van der Waals surface area contributed by atoms with Crippen LogP contribution in [0.2, 0.25) is 0 Å². The van der Waals surface area contributed by atoms with Gasteiger partial charge in [-0.15, -0.1) is 0 Å². The topological polar surface area (TPSA) is 23.1 Å². The number of fused-ring (bicyclic) bond motifs is 2. The Balaban J connectivity index is 1.57. The van der Waals surface area contributed by atoms with Gasteiger partial charge in [-0.2, -0.15) is 0 Å². The van der Waals surface area contributed by atoms with E-state index < -0.39 is 18.5 Å². The molecule has 1 saturated heterocycles. The van der Waals surface area contributed by atoms with Crippen molar-refractivity contribution in [3.05, 3.63) is 107 Å². The number of carbonyl (C=O) groups excluding carboxylic acids is 1. The number of nitrogens with zero attached hydrogens (tertiary/aromatic N) is 2. The Kier molecular flexibility index (Phi) is 4.29. The van der Waals surface area contributed by atoms with E-state index in [1.807, 2.05) is 33.3 Å². The summed E-state index contributed by atoms with van der Waals surface area (Å²) in [5.41, 5.74) is 5.30. The maximum atomic E-state index is 12.7. The molecular formula is C21H16Cl2N2OZr. The summed E-state index contributed by atoms with van der Waals surface area (Å²) in [5, 5.41) is 0. The molecule has 0 bridgehead atoms. The number of hydrogen-bond acceptors (Lipinski definition) is 2. The molecule has 3 nitrogen and oxygen atoms in total. The first-order valence-electron chi connectivity index (χ1n) is 8.80. The molecule has 2 atom stereocenters. The Morgan fingerprint density at radius 3 is 2.37 bits per heavy atom. The third-order valence-electron chi connectivity index (χ3n) is 5.15. The molecule has 0 aromatic heterocycles. The van der Waals surface area contributed by atoms with Crippen LogP contribution in [0.1, 0.15) is 38.7 Å². The monoisotopic (exact) mass is 472 g/mol. The zero-order valence-corrected chi connectivity index (χ0v) is 18.3. The Morgan fingerprint density at radius 2 is 1.56 bits per heavy atom. The number of hydrogen-bond donors (Lipinski definition) is 0. The number of amides is 1. The molecule has 134 valence electrons. The molecule has 27 heavy (non-hydrogen) atoms. The molecule has 0 aliphatic carbocycles. The molecule has 2 heterocycles. The van der Waals surface area contributed by atoms with E-state index in [2.05, 4.69) is 48.5 Å². The predicted octanol–water partition coefficient (Wildman–Crippen LogP) is 5.34. The zero-order valence-electron chi connectivity index (χ0n) is 14.3. The molecule has 1 fully saturated rings. The molecule has 5 rings (SSSR count). The van der Waals surface area contributed by atoms with Crippen molar-refractivity contribution in [2.75, 3.05) is 0 Å². The quantitative estimate of drug-likeness (QED) is 0.478. The van der Waals surface area contributed by atoms with Crippen molar-refractivity contribution in [1.82, 2.24) is 5.91 Å². The van der Waals surface area contributed by atoms with Gasteiger partial charge in [0.15, 0.2) is 0 Å². The van der Waals surface area contributed by atoms with Crippen molar-refractivity contribution in [3.8, 4) is 0 Å². The third-order valence-corrected chi connectivity index (χ3v) is 13.4. The summed E-state index contributed by atoms with van der Waals surface area (Å²) in [6.07, 6.45) is 0.863. The van der Waals surface area contributed by atoms with Crippen LogP contribution in [0, 0.1) is 0 Å². The Labute approximate surface area is 170 Å². The van der Waals surface area contributed by atoms with E-state index in [0.717, 1.165) is 17.5 Å². The molecule has 0 spiro atoms. The summed E-state index contributed by atoms with van der Waals surface area (Å²) < 4.78 is 3.58. The maximum absolute atomic E-state index is 12.7. The van der Waals surface area contributed by atoms with Crippen molar-refractivity contribution in [1.29, 1.82) is 0 Å². The molecule has 0 N–H and O–H groups in total. The van der Waals surface area contributed by atoms with E-state index in [1.54, 1.807) is 2.95 Å². The van der Waals surface area contributed by atoms with E-state index in [4.69, 9.17) is 17.0 Å². The molecule has 3 aromatic rings. The first kappa shape index (κ1) is 17.6. The molecule has 6 heteroatoms. The van der Waals surface area contributed by atoms with Gasteiger partial charge in [-0.3, -0.25) is 0 Å². The fourth-order valence-corrected chi connectivity index (χ4v) is 14.5. The van der Waals surface area contributed by atoms with Gasteiger partial charge < -0.3 is 0 Å². The molecule has 2 aliphatic heterocycles. The predicted molar refractivity (Wildman–Crippen MR) is 104 cm³/mol. The van der Waals surface area contributed by atoms with Gasteiger partial charge in [0.05, 0.1) is 0 Å². The SMILES string of the molecule is O=C1c2ccccc2C(c2cccc(Cc3ccccc3)c2)[N]2[N]1[Zr]2([Cl])[Cl]. The van der Waals surface area contributed by atoms with Crippen LogP contribution in [0.3, 0.4) is 0 Å². The van der Waals surface area contributed by atoms with Crippen LogP contribution in [0.25, 0.3) is 0 Å². The van der Waals surface area contributed by atoms with Crippen molar-refractivity contribution in [2.45, 2.75) is 12.5 Å². The summed E-state index contributed by atoms with van der Waals surface area (Å²) in [6, 6.07) is 26.5. The fraction of sp³-hybridized carbons (Fsp3) is 0.0952. The third kappa shape index (κ3) is 2.91. The van der Waals surface area contributed by atoms with Gasteiger partial charge in [0.2, 0.25) is 0 Å². The Hall–Kier alpha value is -1.45. The first-order valence-corrected chi connectivity index (χ1v) is 17.3. The second-order valence-corrected chi connectivity index (χ2v) is 18.9. The first-order chi connectivity index (χ1) is 13.1. The average Bonchev–Trinajstić information content (AvgIpc) is 3.25. The number of benzene rings is 3. The van der Waals surface area contributed by atoms with E-state index >= 15 is 0 Å². The summed E-state index contributed by atoms with van der Waals surface area (Å²) in [5.74, 6) is -0.0666. The van der Waals surface area contributed by atoms with Crippen molar-refractivity contribution < 1.29 is 23.3 Å². The molecule has 2 unspecified atom stereocenters. The van der Waals surface area contributed by atoms with Gasteiger partial charge >= 0.3 is 171 Å². The van der Waals surface area contributed by atoms with Gasteiger partial charge in [0.1, 0.15) is 0 Å². The van der Waals surface area contributed by atoms with E-state index in [-0.39, 0.29) is 11.9 Å². The van der Waals surface area contributed by atoms with Gasteiger partial charge in [-0.05, 0) is 0 Å². The van der Waals surface area contributed by atoms with Crippen LogP contribution in [-0.4, -0.2) is 11.8 Å². The molecule has 0 radical (unpaired) electrons. The van der Waals surface area contributed by atoms with Gasteiger partial charge in [-0.25, -0.2) is 0 Å². The standard InChI is InChI=1S/C21H16N2O.2ClH.Zr/c24-21-19-12-5-4-11-18(19)20(22-23-21)17-10-6-9-16(14-17)13-15-7-2-1-3-8-15;;;/h1-12,14,20H,13H2;2*1H;/q-2;;;+4/p-2. The van der Waals surface area contributed by atoms with Crippen molar-refractivity contribution >= 4 is 22.9 Å². The minimum atomic E-state index is -3.71. The Morgan fingerprint density at radius 1 is 0.852 bits per heavy atom. The van der Waals surface area contributed by atoms with Crippen LogP contribution in [0.5, 0.6) is 0 Å². The molecule has 0 saturated carbocycles. The normalized spacial score (nSPS) is 22.1. The minimum absolute atomic E-state index is 0.0666. The Bertz CT molecular complexity index is 1040. The van der Waals surface area contributed by atoms with Crippen molar-refractivity contribution in [2.24, 2.45) is 0 Å². The van der Waals surface area contributed by atoms with Crippen LogP contribution in [-0.2, 0) is 24.9 Å².